The Labute approximate surface area is 141 Å². The van der Waals surface area contributed by atoms with Crippen molar-refractivity contribution in [1.82, 2.24) is 4.90 Å². The smallest absolute Gasteiger partial charge is 0.260 e. The molecule has 1 fully saturated rings. The van der Waals surface area contributed by atoms with E-state index in [0.717, 1.165) is 32.3 Å². The zero-order valence-corrected chi connectivity index (χ0v) is 14.2. The molecule has 122 valence electrons. The fourth-order valence-electron chi connectivity index (χ4n) is 2.39. The Morgan fingerprint density at radius 2 is 2.27 bits per heavy atom. The highest BCUT2D eigenvalue weighted by atomic mass is 35.5. The van der Waals surface area contributed by atoms with E-state index in [2.05, 4.69) is 0 Å². The number of hydrogen-bond acceptors (Lipinski definition) is 3. The number of amides is 1. The third-order valence-electron chi connectivity index (χ3n) is 3.71. The molecule has 0 aliphatic carbocycles. The molecule has 0 aromatic heterocycles. The monoisotopic (exact) mass is 345 g/mol. The van der Waals surface area contributed by atoms with Crippen molar-refractivity contribution >= 4 is 29.1 Å². The van der Waals surface area contributed by atoms with Crippen LogP contribution in [0.4, 0.5) is 0 Å². The molecule has 1 aliphatic heterocycles. The molecule has 0 unspecified atom stereocenters. The molecule has 1 aromatic carbocycles. The fourth-order valence-corrected chi connectivity index (χ4v) is 2.86. The van der Waals surface area contributed by atoms with Crippen LogP contribution in [0.1, 0.15) is 25.7 Å². The first-order valence-electron chi connectivity index (χ1n) is 7.49. The predicted molar refractivity (Wildman–Crippen MR) is 87.8 cm³/mol. The molecule has 0 saturated carbocycles. The second kappa shape index (κ2) is 8.61. The molecule has 22 heavy (non-hydrogen) atoms. The summed E-state index contributed by atoms with van der Waals surface area (Å²) in [6, 6.07) is 4.93. The Balaban J connectivity index is 1.69. The van der Waals surface area contributed by atoms with E-state index in [0.29, 0.717) is 28.4 Å². The Morgan fingerprint density at radius 1 is 1.45 bits per heavy atom. The Bertz CT molecular complexity index is 504. The minimum atomic E-state index is -0.0710. The molecule has 0 bridgehead atoms. The molecule has 1 atom stereocenters. The lowest BCUT2D eigenvalue weighted by atomic mass is 10.1. The first kappa shape index (κ1) is 17.4. The van der Waals surface area contributed by atoms with Crippen LogP contribution in [-0.2, 0) is 9.53 Å². The van der Waals surface area contributed by atoms with Crippen LogP contribution >= 0.6 is 23.2 Å². The predicted octanol–water partition coefficient (Wildman–Crippen LogP) is 3.79. The summed E-state index contributed by atoms with van der Waals surface area (Å²) in [5.41, 5.74) is 0. The van der Waals surface area contributed by atoms with Gasteiger partial charge in [0, 0.05) is 25.2 Å². The summed E-state index contributed by atoms with van der Waals surface area (Å²) < 4.78 is 11.0. The fraction of sp³-hybridized carbons (Fsp3) is 0.562. The van der Waals surface area contributed by atoms with Gasteiger partial charge in [-0.15, -0.1) is 0 Å². The van der Waals surface area contributed by atoms with Gasteiger partial charge in [-0.1, -0.05) is 23.2 Å². The average Bonchev–Trinajstić information content (AvgIpc) is 2.99. The maximum atomic E-state index is 12.0. The minimum Gasteiger partial charge on any atom is -0.482 e. The van der Waals surface area contributed by atoms with E-state index in [1.165, 1.54) is 0 Å². The molecule has 1 saturated heterocycles. The first-order chi connectivity index (χ1) is 10.6. The number of hydrogen-bond donors (Lipinski definition) is 0. The third-order valence-corrected chi connectivity index (χ3v) is 4.24. The van der Waals surface area contributed by atoms with Crippen LogP contribution in [0.3, 0.4) is 0 Å². The summed E-state index contributed by atoms with van der Waals surface area (Å²) in [5, 5.41) is 0.941. The zero-order chi connectivity index (χ0) is 15.9. The van der Waals surface area contributed by atoms with Crippen molar-refractivity contribution in [2.24, 2.45) is 0 Å². The van der Waals surface area contributed by atoms with Gasteiger partial charge in [0.05, 0.1) is 11.1 Å². The molecule has 0 N–H and O–H groups in total. The Kier molecular flexibility index (Phi) is 6.80. The number of carbonyl (C=O) groups excluding carboxylic acids is 1. The minimum absolute atomic E-state index is 0.0300. The van der Waals surface area contributed by atoms with Crippen LogP contribution in [0.15, 0.2) is 18.2 Å². The number of rotatable bonds is 7. The highest BCUT2D eigenvalue weighted by Gasteiger charge is 2.16. The number of halogens is 2. The molecule has 4 nitrogen and oxygen atoms in total. The average molecular weight is 346 g/mol. The SMILES string of the molecule is CN(CCC[C@@H]1CCCO1)C(=O)COc1ccc(Cl)cc1Cl. The summed E-state index contributed by atoms with van der Waals surface area (Å²) in [6.07, 6.45) is 4.59. The standard InChI is InChI=1S/C16H21Cl2NO3/c1-19(8-2-4-13-5-3-9-21-13)16(20)11-22-15-7-6-12(17)10-14(15)18/h6-7,10,13H,2-5,8-9,11H2,1H3/t13-/m1/s1. The second-order valence-corrected chi connectivity index (χ2v) is 6.30. The Hall–Kier alpha value is -0.970. The van der Waals surface area contributed by atoms with E-state index < -0.39 is 0 Å². The molecule has 2 rings (SSSR count). The van der Waals surface area contributed by atoms with E-state index in [-0.39, 0.29) is 12.5 Å². The zero-order valence-electron chi connectivity index (χ0n) is 12.7. The van der Waals surface area contributed by atoms with Crippen molar-refractivity contribution in [2.75, 3.05) is 26.8 Å². The van der Waals surface area contributed by atoms with Gasteiger partial charge in [-0.25, -0.2) is 0 Å². The van der Waals surface area contributed by atoms with Crippen molar-refractivity contribution in [3.05, 3.63) is 28.2 Å². The molecule has 0 spiro atoms. The molecule has 1 amide bonds. The maximum absolute atomic E-state index is 12.0. The summed E-state index contributed by atoms with van der Waals surface area (Å²) in [4.78, 5) is 13.7. The van der Waals surface area contributed by atoms with Crippen molar-refractivity contribution in [1.29, 1.82) is 0 Å². The van der Waals surface area contributed by atoms with Gasteiger partial charge in [-0.2, -0.15) is 0 Å². The van der Waals surface area contributed by atoms with Crippen LogP contribution in [-0.4, -0.2) is 43.7 Å². The van der Waals surface area contributed by atoms with Crippen LogP contribution in [0.2, 0.25) is 10.0 Å². The second-order valence-electron chi connectivity index (χ2n) is 5.46. The molecular weight excluding hydrogens is 325 g/mol. The highest BCUT2D eigenvalue weighted by Crippen LogP contribution is 2.27. The number of ether oxygens (including phenoxy) is 2. The van der Waals surface area contributed by atoms with Crippen molar-refractivity contribution in [2.45, 2.75) is 31.8 Å². The third kappa shape index (κ3) is 5.34. The van der Waals surface area contributed by atoms with Crippen molar-refractivity contribution in [3.8, 4) is 5.75 Å². The van der Waals surface area contributed by atoms with Crippen LogP contribution < -0.4 is 4.74 Å². The van der Waals surface area contributed by atoms with E-state index >= 15 is 0 Å². The van der Waals surface area contributed by atoms with Gasteiger partial charge in [-0.3, -0.25) is 4.79 Å². The maximum Gasteiger partial charge on any atom is 0.260 e. The number of nitrogens with zero attached hydrogens (tertiary/aromatic N) is 1. The van der Waals surface area contributed by atoms with Gasteiger partial charge in [0.15, 0.2) is 6.61 Å². The van der Waals surface area contributed by atoms with Gasteiger partial charge in [0.1, 0.15) is 5.75 Å². The lowest BCUT2D eigenvalue weighted by Gasteiger charge is -2.18. The molecule has 0 radical (unpaired) electrons. The van der Waals surface area contributed by atoms with Crippen LogP contribution in [0.25, 0.3) is 0 Å². The van der Waals surface area contributed by atoms with Crippen LogP contribution in [0, 0.1) is 0 Å². The summed E-state index contributed by atoms with van der Waals surface area (Å²) in [7, 11) is 1.78. The first-order valence-corrected chi connectivity index (χ1v) is 8.25. The van der Waals surface area contributed by atoms with Gasteiger partial charge >= 0.3 is 0 Å². The van der Waals surface area contributed by atoms with E-state index in [9.17, 15) is 4.79 Å². The number of likely N-dealkylation sites (N-methyl/N-ethyl adjacent to an activating group) is 1. The molecule has 6 heteroatoms. The van der Waals surface area contributed by atoms with Gasteiger partial charge in [-0.05, 0) is 43.9 Å². The molecule has 1 aromatic rings. The van der Waals surface area contributed by atoms with Crippen molar-refractivity contribution in [3.63, 3.8) is 0 Å². The lowest BCUT2D eigenvalue weighted by molar-refractivity contribution is -0.132. The van der Waals surface area contributed by atoms with Gasteiger partial charge in [0.2, 0.25) is 0 Å². The molecule has 1 heterocycles. The lowest BCUT2D eigenvalue weighted by Crippen LogP contribution is -2.32. The highest BCUT2D eigenvalue weighted by molar-refractivity contribution is 6.35. The van der Waals surface area contributed by atoms with E-state index in [4.69, 9.17) is 32.7 Å². The summed E-state index contributed by atoms with van der Waals surface area (Å²) in [6.45, 7) is 1.54. The summed E-state index contributed by atoms with van der Waals surface area (Å²) >= 11 is 11.8. The quantitative estimate of drug-likeness (QED) is 0.754. The van der Waals surface area contributed by atoms with Gasteiger partial charge < -0.3 is 14.4 Å². The van der Waals surface area contributed by atoms with E-state index in [1.54, 1.807) is 30.1 Å². The number of carbonyl (C=O) groups is 1. The van der Waals surface area contributed by atoms with Crippen LogP contribution in [0.5, 0.6) is 5.75 Å². The molecule has 1 aliphatic rings. The number of benzene rings is 1. The largest absolute Gasteiger partial charge is 0.482 e. The van der Waals surface area contributed by atoms with E-state index in [1.807, 2.05) is 0 Å². The topological polar surface area (TPSA) is 38.8 Å². The van der Waals surface area contributed by atoms with Crippen molar-refractivity contribution < 1.29 is 14.3 Å². The van der Waals surface area contributed by atoms with Gasteiger partial charge in [0.25, 0.3) is 5.91 Å². The Morgan fingerprint density at radius 3 is 2.95 bits per heavy atom. The molecular formula is C16H21Cl2NO3. The summed E-state index contributed by atoms with van der Waals surface area (Å²) in [5.74, 6) is 0.394. The normalized spacial score (nSPS) is 17.5.